The van der Waals surface area contributed by atoms with Crippen molar-refractivity contribution in [1.29, 1.82) is 0 Å². The highest BCUT2D eigenvalue weighted by atomic mass is 19.1. The normalized spacial score (nSPS) is 16.9. The number of rotatable bonds is 2. The maximum atomic E-state index is 13.2. The molecule has 0 fully saturated rings. The Kier molecular flexibility index (Phi) is 2.90. The van der Waals surface area contributed by atoms with Gasteiger partial charge in [-0.3, -0.25) is 0 Å². The molecule has 0 bridgehead atoms. The second-order valence-corrected chi connectivity index (χ2v) is 4.93. The van der Waals surface area contributed by atoms with Gasteiger partial charge < -0.3 is 10.1 Å². The summed E-state index contributed by atoms with van der Waals surface area (Å²) in [6, 6.07) is 11.2. The number of hydrogen-bond donors (Lipinski definition) is 1. The first-order valence-corrected chi connectivity index (χ1v) is 6.37. The smallest absolute Gasteiger partial charge is 0.123 e. The zero-order valence-corrected chi connectivity index (χ0v) is 11.0. The lowest BCUT2D eigenvalue weighted by molar-refractivity contribution is 0.414. The van der Waals surface area contributed by atoms with E-state index in [4.69, 9.17) is 4.74 Å². The first-order valence-electron chi connectivity index (χ1n) is 6.37. The number of nitrogens with one attached hydrogen (secondary N) is 1. The highest BCUT2D eigenvalue weighted by Crippen LogP contribution is 2.36. The van der Waals surface area contributed by atoms with Gasteiger partial charge in [0.15, 0.2) is 0 Å². The number of aryl methyl sites for hydroxylation is 1. The van der Waals surface area contributed by atoms with E-state index in [2.05, 4.69) is 18.3 Å². The molecule has 1 heterocycles. The molecule has 1 aliphatic rings. The minimum Gasteiger partial charge on any atom is -0.497 e. The monoisotopic (exact) mass is 257 g/mol. The third-order valence-electron chi connectivity index (χ3n) is 3.67. The van der Waals surface area contributed by atoms with Crippen LogP contribution in [0.5, 0.6) is 5.75 Å². The zero-order chi connectivity index (χ0) is 13.4. The average molecular weight is 257 g/mol. The van der Waals surface area contributed by atoms with Crippen LogP contribution in [0.2, 0.25) is 0 Å². The minimum absolute atomic E-state index is 0.173. The Hall–Kier alpha value is -2.03. The first kappa shape index (κ1) is 12.0. The summed E-state index contributed by atoms with van der Waals surface area (Å²) in [6.07, 6.45) is 0.820. The first-order chi connectivity index (χ1) is 9.17. The Morgan fingerprint density at radius 2 is 2.05 bits per heavy atom. The van der Waals surface area contributed by atoms with Crippen LogP contribution < -0.4 is 10.1 Å². The predicted octanol–water partition coefficient (Wildman–Crippen LogP) is 3.85. The Bertz CT molecular complexity index is 624. The molecule has 19 heavy (non-hydrogen) atoms. The van der Waals surface area contributed by atoms with Gasteiger partial charge >= 0.3 is 0 Å². The number of benzene rings is 2. The van der Waals surface area contributed by atoms with Crippen molar-refractivity contribution in [2.45, 2.75) is 19.4 Å². The Labute approximate surface area is 112 Å². The lowest BCUT2D eigenvalue weighted by Crippen LogP contribution is -2.07. The second-order valence-electron chi connectivity index (χ2n) is 4.93. The number of halogens is 1. The van der Waals surface area contributed by atoms with E-state index in [9.17, 15) is 4.39 Å². The molecular weight excluding hydrogens is 241 g/mol. The van der Waals surface area contributed by atoms with Crippen molar-refractivity contribution in [3.05, 3.63) is 58.9 Å². The van der Waals surface area contributed by atoms with Crippen LogP contribution in [0.3, 0.4) is 0 Å². The fraction of sp³-hybridized carbons (Fsp3) is 0.250. The molecule has 1 aliphatic heterocycles. The van der Waals surface area contributed by atoms with Gasteiger partial charge in [0, 0.05) is 5.69 Å². The molecule has 3 rings (SSSR count). The number of hydrogen-bond acceptors (Lipinski definition) is 2. The zero-order valence-electron chi connectivity index (χ0n) is 11.0. The van der Waals surface area contributed by atoms with Gasteiger partial charge in [-0.1, -0.05) is 6.07 Å². The summed E-state index contributed by atoms with van der Waals surface area (Å²) < 4.78 is 18.4. The standard InChI is InChI=1S/C16H16FNO/c1-10-7-13(19-2)4-5-14(10)16-9-11-8-12(17)3-6-15(11)18-16/h3-8,16,18H,9H2,1-2H3. The van der Waals surface area contributed by atoms with Crippen LogP contribution in [0.1, 0.15) is 22.7 Å². The highest BCUT2D eigenvalue weighted by Gasteiger charge is 2.23. The molecule has 3 heteroatoms. The van der Waals surface area contributed by atoms with E-state index in [0.29, 0.717) is 0 Å². The van der Waals surface area contributed by atoms with Crippen molar-refractivity contribution in [3.63, 3.8) is 0 Å². The molecular formula is C16H16FNO. The summed E-state index contributed by atoms with van der Waals surface area (Å²) in [5.41, 5.74) is 4.49. The van der Waals surface area contributed by atoms with Crippen LogP contribution in [-0.2, 0) is 6.42 Å². The van der Waals surface area contributed by atoms with Gasteiger partial charge in [-0.25, -0.2) is 4.39 Å². The highest BCUT2D eigenvalue weighted by molar-refractivity contribution is 5.59. The Morgan fingerprint density at radius 3 is 2.79 bits per heavy atom. The van der Waals surface area contributed by atoms with Crippen molar-refractivity contribution in [1.82, 2.24) is 0 Å². The Morgan fingerprint density at radius 1 is 1.21 bits per heavy atom. The molecule has 2 aromatic carbocycles. The van der Waals surface area contributed by atoms with Crippen LogP contribution in [-0.4, -0.2) is 7.11 Å². The van der Waals surface area contributed by atoms with E-state index >= 15 is 0 Å². The van der Waals surface area contributed by atoms with E-state index in [-0.39, 0.29) is 11.9 Å². The van der Waals surface area contributed by atoms with Gasteiger partial charge in [-0.2, -0.15) is 0 Å². The topological polar surface area (TPSA) is 21.3 Å². The summed E-state index contributed by atoms with van der Waals surface area (Å²) in [6.45, 7) is 2.07. The van der Waals surface area contributed by atoms with Gasteiger partial charge in [0.05, 0.1) is 13.2 Å². The predicted molar refractivity (Wildman–Crippen MR) is 74.2 cm³/mol. The lowest BCUT2D eigenvalue weighted by Gasteiger charge is -2.15. The fourth-order valence-electron chi connectivity index (χ4n) is 2.68. The van der Waals surface area contributed by atoms with E-state index in [0.717, 1.165) is 23.4 Å². The van der Waals surface area contributed by atoms with Crippen LogP contribution in [0.4, 0.5) is 10.1 Å². The van der Waals surface area contributed by atoms with Crippen molar-refractivity contribution in [2.75, 3.05) is 12.4 Å². The molecule has 0 aromatic heterocycles. The molecule has 0 aliphatic carbocycles. The van der Waals surface area contributed by atoms with Gasteiger partial charge in [0.1, 0.15) is 11.6 Å². The summed E-state index contributed by atoms with van der Waals surface area (Å²) >= 11 is 0. The van der Waals surface area contributed by atoms with Crippen molar-refractivity contribution < 1.29 is 9.13 Å². The van der Waals surface area contributed by atoms with E-state index in [1.54, 1.807) is 13.2 Å². The molecule has 0 saturated heterocycles. The third-order valence-corrected chi connectivity index (χ3v) is 3.67. The molecule has 0 spiro atoms. The minimum atomic E-state index is -0.173. The molecule has 2 nitrogen and oxygen atoms in total. The van der Waals surface area contributed by atoms with Gasteiger partial charge in [0.2, 0.25) is 0 Å². The van der Waals surface area contributed by atoms with Crippen molar-refractivity contribution >= 4 is 5.69 Å². The number of fused-ring (bicyclic) bond motifs is 1. The maximum absolute atomic E-state index is 13.2. The summed E-state index contributed by atoms with van der Waals surface area (Å²) in [5, 5.41) is 3.45. The molecule has 98 valence electrons. The van der Waals surface area contributed by atoms with Crippen molar-refractivity contribution in [3.8, 4) is 5.75 Å². The molecule has 0 amide bonds. The largest absolute Gasteiger partial charge is 0.497 e. The Balaban J connectivity index is 1.90. The molecule has 0 saturated carbocycles. The van der Waals surface area contributed by atoms with Gasteiger partial charge in [-0.05, 0) is 60.4 Å². The van der Waals surface area contributed by atoms with Crippen LogP contribution >= 0.6 is 0 Å². The van der Waals surface area contributed by atoms with Crippen molar-refractivity contribution in [2.24, 2.45) is 0 Å². The number of anilines is 1. The number of methoxy groups -OCH3 is 1. The van der Waals surface area contributed by atoms with Gasteiger partial charge in [-0.15, -0.1) is 0 Å². The maximum Gasteiger partial charge on any atom is 0.123 e. The summed E-state index contributed by atoms with van der Waals surface area (Å²) in [7, 11) is 1.67. The average Bonchev–Trinajstić information content (AvgIpc) is 2.81. The lowest BCUT2D eigenvalue weighted by atomic mass is 9.98. The van der Waals surface area contributed by atoms with Gasteiger partial charge in [0.25, 0.3) is 0 Å². The third kappa shape index (κ3) is 2.16. The van der Waals surface area contributed by atoms with E-state index in [1.807, 2.05) is 18.2 Å². The van der Waals surface area contributed by atoms with Crippen LogP contribution in [0.15, 0.2) is 36.4 Å². The second kappa shape index (κ2) is 4.57. The van der Waals surface area contributed by atoms with Crippen LogP contribution in [0, 0.1) is 12.7 Å². The summed E-state index contributed by atoms with van der Waals surface area (Å²) in [4.78, 5) is 0. The summed E-state index contributed by atoms with van der Waals surface area (Å²) in [5.74, 6) is 0.690. The molecule has 1 atom stereocenters. The molecule has 0 radical (unpaired) electrons. The fourth-order valence-corrected chi connectivity index (χ4v) is 2.68. The molecule has 1 unspecified atom stereocenters. The number of ether oxygens (including phenoxy) is 1. The quantitative estimate of drug-likeness (QED) is 0.882. The molecule has 1 N–H and O–H groups in total. The molecule has 2 aromatic rings. The van der Waals surface area contributed by atoms with Crippen LogP contribution in [0.25, 0.3) is 0 Å². The van der Waals surface area contributed by atoms with E-state index in [1.165, 1.54) is 17.2 Å². The SMILES string of the molecule is COc1ccc(C2Cc3cc(F)ccc3N2)c(C)c1. The van der Waals surface area contributed by atoms with E-state index < -0.39 is 0 Å².